The standard InChI is InChI=1S/C19H31N3O/c1-5-23-14-18-9-7-6-8-17(18)11-21-19(20-4)22-12-15(2)10-16(3)13-22/h6-9,15-16H,5,10-14H2,1-4H3,(H,20,21). The molecular formula is C19H31N3O. The monoisotopic (exact) mass is 317 g/mol. The number of guanidine groups is 1. The van der Waals surface area contributed by atoms with Crippen LogP contribution in [0, 0.1) is 11.8 Å². The van der Waals surface area contributed by atoms with E-state index in [2.05, 4.69) is 53.3 Å². The van der Waals surface area contributed by atoms with Crippen LogP contribution in [-0.2, 0) is 17.9 Å². The van der Waals surface area contributed by atoms with E-state index in [9.17, 15) is 0 Å². The molecule has 1 aromatic rings. The third-order valence-corrected chi connectivity index (χ3v) is 4.40. The van der Waals surface area contributed by atoms with E-state index < -0.39 is 0 Å². The number of piperidine rings is 1. The lowest BCUT2D eigenvalue weighted by Gasteiger charge is -2.37. The van der Waals surface area contributed by atoms with Crippen LogP contribution >= 0.6 is 0 Å². The molecule has 128 valence electrons. The van der Waals surface area contributed by atoms with Crippen LogP contribution in [0.15, 0.2) is 29.3 Å². The minimum absolute atomic E-state index is 0.671. The molecule has 2 rings (SSSR count). The van der Waals surface area contributed by atoms with Gasteiger partial charge in [0.25, 0.3) is 0 Å². The van der Waals surface area contributed by atoms with Crippen LogP contribution in [0.2, 0.25) is 0 Å². The van der Waals surface area contributed by atoms with Gasteiger partial charge in [-0.25, -0.2) is 0 Å². The van der Waals surface area contributed by atoms with Gasteiger partial charge < -0.3 is 15.0 Å². The van der Waals surface area contributed by atoms with Crippen LogP contribution in [0.1, 0.15) is 38.3 Å². The van der Waals surface area contributed by atoms with Crippen LogP contribution in [0.3, 0.4) is 0 Å². The summed E-state index contributed by atoms with van der Waals surface area (Å²) in [6, 6.07) is 8.46. The van der Waals surface area contributed by atoms with Gasteiger partial charge in [0.15, 0.2) is 5.96 Å². The molecular weight excluding hydrogens is 286 g/mol. The number of hydrogen-bond donors (Lipinski definition) is 1. The highest BCUT2D eigenvalue weighted by Crippen LogP contribution is 2.21. The Morgan fingerprint density at radius 1 is 1.22 bits per heavy atom. The molecule has 0 aliphatic carbocycles. The van der Waals surface area contributed by atoms with E-state index in [1.54, 1.807) is 0 Å². The van der Waals surface area contributed by atoms with Crippen LogP contribution in [0.25, 0.3) is 0 Å². The van der Waals surface area contributed by atoms with E-state index in [-0.39, 0.29) is 0 Å². The molecule has 0 amide bonds. The van der Waals surface area contributed by atoms with E-state index >= 15 is 0 Å². The quantitative estimate of drug-likeness (QED) is 0.669. The van der Waals surface area contributed by atoms with Crippen LogP contribution in [0.4, 0.5) is 0 Å². The fourth-order valence-corrected chi connectivity index (χ4v) is 3.43. The third-order valence-electron chi connectivity index (χ3n) is 4.40. The van der Waals surface area contributed by atoms with Crippen LogP contribution in [0.5, 0.6) is 0 Å². The molecule has 23 heavy (non-hydrogen) atoms. The number of aliphatic imine (C=N–C) groups is 1. The molecule has 0 radical (unpaired) electrons. The average molecular weight is 317 g/mol. The number of nitrogens with zero attached hydrogens (tertiary/aromatic N) is 2. The molecule has 0 saturated carbocycles. The number of ether oxygens (including phenoxy) is 1. The molecule has 2 atom stereocenters. The predicted octanol–water partition coefficient (Wildman–Crippen LogP) is 3.28. The molecule has 1 fully saturated rings. The molecule has 1 heterocycles. The zero-order valence-corrected chi connectivity index (χ0v) is 15.0. The van der Waals surface area contributed by atoms with E-state index in [4.69, 9.17) is 4.74 Å². The summed E-state index contributed by atoms with van der Waals surface area (Å²) in [4.78, 5) is 6.88. The Labute approximate surface area is 140 Å². The van der Waals surface area contributed by atoms with Gasteiger partial charge in [-0.2, -0.15) is 0 Å². The third kappa shape index (κ3) is 5.24. The van der Waals surface area contributed by atoms with Crippen molar-refractivity contribution in [3.8, 4) is 0 Å². The summed E-state index contributed by atoms with van der Waals surface area (Å²) in [5, 5.41) is 3.53. The fraction of sp³-hybridized carbons (Fsp3) is 0.632. The van der Waals surface area contributed by atoms with Crippen LogP contribution < -0.4 is 5.32 Å². The number of likely N-dealkylation sites (tertiary alicyclic amines) is 1. The zero-order valence-electron chi connectivity index (χ0n) is 15.0. The highest BCUT2D eigenvalue weighted by atomic mass is 16.5. The number of nitrogens with one attached hydrogen (secondary N) is 1. The topological polar surface area (TPSA) is 36.9 Å². The largest absolute Gasteiger partial charge is 0.377 e. The maximum atomic E-state index is 5.57. The van der Waals surface area contributed by atoms with Gasteiger partial charge >= 0.3 is 0 Å². The summed E-state index contributed by atoms with van der Waals surface area (Å²) in [6.07, 6.45) is 1.31. The highest BCUT2D eigenvalue weighted by molar-refractivity contribution is 5.80. The van der Waals surface area contributed by atoms with Crippen molar-refractivity contribution in [2.24, 2.45) is 16.8 Å². The average Bonchev–Trinajstić information content (AvgIpc) is 2.53. The van der Waals surface area contributed by atoms with E-state index in [1.165, 1.54) is 17.5 Å². The normalized spacial score (nSPS) is 22.3. The summed E-state index contributed by atoms with van der Waals surface area (Å²) in [7, 11) is 1.87. The van der Waals surface area contributed by atoms with Crippen molar-refractivity contribution in [3.63, 3.8) is 0 Å². The first-order valence-corrected chi connectivity index (χ1v) is 8.74. The van der Waals surface area contributed by atoms with Gasteiger partial charge in [-0.05, 0) is 36.3 Å². The second-order valence-electron chi connectivity index (χ2n) is 6.66. The highest BCUT2D eigenvalue weighted by Gasteiger charge is 2.23. The van der Waals surface area contributed by atoms with E-state index in [1.807, 2.05) is 14.0 Å². The lowest BCUT2D eigenvalue weighted by molar-refractivity contribution is 0.133. The van der Waals surface area contributed by atoms with Gasteiger partial charge in [-0.15, -0.1) is 0 Å². The van der Waals surface area contributed by atoms with Crippen molar-refractivity contribution >= 4 is 5.96 Å². The summed E-state index contributed by atoms with van der Waals surface area (Å²) in [6.45, 7) is 11.1. The Bertz CT molecular complexity index is 505. The molecule has 4 nitrogen and oxygen atoms in total. The fourth-order valence-electron chi connectivity index (χ4n) is 3.43. The van der Waals surface area contributed by atoms with Gasteiger partial charge in [-0.1, -0.05) is 38.1 Å². The molecule has 2 unspecified atom stereocenters. The molecule has 1 saturated heterocycles. The maximum Gasteiger partial charge on any atom is 0.193 e. The number of hydrogen-bond acceptors (Lipinski definition) is 2. The van der Waals surface area contributed by atoms with Gasteiger partial charge in [0.05, 0.1) is 6.61 Å². The van der Waals surface area contributed by atoms with Crippen molar-refractivity contribution < 1.29 is 4.74 Å². The molecule has 1 aliphatic heterocycles. The molecule has 4 heteroatoms. The van der Waals surface area contributed by atoms with Gasteiger partial charge in [0.2, 0.25) is 0 Å². The lowest BCUT2D eigenvalue weighted by atomic mass is 9.92. The first-order chi connectivity index (χ1) is 11.1. The number of rotatable bonds is 5. The Kier molecular flexibility index (Phi) is 6.90. The van der Waals surface area contributed by atoms with Gasteiger partial charge in [-0.3, -0.25) is 4.99 Å². The Balaban J connectivity index is 1.98. The van der Waals surface area contributed by atoms with Crippen molar-refractivity contribution in [1.82, 2.24) is 10.2 Å². The Morgan fingerprint density at radius 2 is 1.87 bits per heavy atom. The second-order valence-corrected chi connectivity index (χ2v) is 6.66. The van der Waals surface area contributed by atoms with Gasteiger partial charge in [0, 0.05) is 33.3 Å². The van der Waals surface area contributed by atoms with Crippen molar-refractivity contribution in [2.75, 3.05) is 26.7 Å². The smallest absolute Gasteiger partial charge is 0.193 e. The molecule has 0 aromatic heterocycles. The first-order valence-electron chi connectivity index (χ1n) is 8.74. The summed E-state index contributed by atoms with van der Waals surface area (Å²) in [5.41, 5.74) is 2.53. The van der Waals surface area contributed by atoms with E-state index in [0.29, 0.717) is 6.61 Å². The SMILES string of the molecule is CCOCc1ccccc1CNC(=NC)N1CC(C)CC(C)C1. The predicted molar refractivity (Wildman–Crippen MR) is 96.5 cm³/mol. The summed E-state index contributed by atoms with van der Waals surface area (Å²) < 4.78 is 5.57. The summed E-state index contributed by atoms with van der Waals surface area (Å²) >= 11 is 0. The molecule has 0 spiro atoms. The Morgan fingerprint density at radius 3 is 2.48 bits per heavy atom. The maximum absolute atomic E-state index is 5.57. The number of benzene rings is 1. The first kappa shape index (κ1) is 17.8. The second kappa shape index (κ2) is 8.92. The Hall–Kier alpha value is -1.55. The van der Waals surface area contributed by atoms with E-state index in [0.717, 1.165) is 44.0 Å². The zero-order chi connectivity index (χ0) is 16.7. The van der Waals surface area contributed by atoms with Crippen LogP contribution in [-0.4, -0.2) is 37.6 Å². The molecule has 1 N–H and O–H groups in total. The van der Waals surface area contributed by atoms with Gasteiger partial charge in [0.1, 0.15) is 0 Å². The van der Waals surface area contributed by atoms with Crippen molar-refractivity contribution in [1.29, 1.82) is 0 Å². The van der Waals surface area contributed by atoms with Crippen molar-refractivity contribution in [2.45, 2.75) is 40.3 Å². The lowest BCUT2D eigenvalue weighted by Crippen LogP contribution is -2.48. The van der Waals surface area contributed by atoms with Crippen molar-refractivity contribution in [3.05, 3.63) is 35.4 Å². The molecule has 1 aliphatic rings. The molecule has 1 aromatic carbocycles. The summed E-state index contributed by atoms with van der Waals surface area (Å²) in [5.74, 6) is 2.46. The minimum Gasteiger partial charge on any atom is -0.377 e. The minimum atomic E-state index is 0.671. The molecule has 0 bridgehead atoms.